The fourth-order valence-electron chi connectivity index (χ4n) is 2.18. The molecule has 0 heterocycles. The molecule has 1 aromatic rings. The maximum absolute atomic E-state index is 11.7. The zero-order valence-corrected chi connectivity index (χ0v) is 11.3. The first kappa shape index (κ1) is 14.5. The van der Waals surface area contributed by atoms with Crippen LogP contribution in [-0.2, 0) is 20.9 Å². The standard InChI is InChI=1S/C15H19NO4/c17-13(16-15(14(18)19)8-4-9-15)7-10-20-11-12-5-2-1-3-6-12/h1-3,5-6H,4,7-11H2,(H,16,17)(H,18,19). The summed E-state index contributed by atoms with van der Waals surface area (Å²) in [5, 5.41) is 11.7. The molecule has 0 saturated heterocycles. The van der Waals surface area contributed by atoms with Crippen LogP contribution in [0.15, 0.2) is 30.3 Å². The third kappa shape index (κ3) is 3.57. The van der Waals surface area contributed by atoms with Crippen LogP contribution in [0.1, 0.15) is 31.2 Å². The predicted molar refractivity (Wildman–Crippen MR) is 73.1 cm³/mol. The van der Waals surface area contributed by atoms with Gasteiger partial charge >= 0.3 is 5.97 Å². The van der Waals surface area contributed by atoms with E-state index in [0.717, 1.165) is 12.0 Å². The van der Waals surface area contributed by atoms with Crippen LogP contribution in [-0.4, -0.2) is 29.1 Å². The van der Waals surface area contributed by atoms with Crippen LogP contribution in [0.25, 0.3) is 0 Å². The van der Waals surface area contributed by atoms with E-state index in [4.69, 9.17) is 9.84 Å². The highest BCUT2D eigenvalue weighted by molar-refractivity contribution is 5.87. The maximum Gasteiger partial charge on any atom is 0.329 e. The molecule has 5 nitrogen and oxygen atoms in total. The first-order chi connectivity index (χ1) is 9.62. The number of nitrogens with one attached hydrogen (secondary N) is 1. The molecule has 2 rings (SSSR count). The minimum absolute atomic E-state index is 0.182. The van der Waals surface area contributed by atoms with Gasteiger partial charge in [-0.1, -0.05) is 30.3 Å². The summed E-state index contributed by atoms with van der Waals surface area (Å²) in [7, 11) is 0. The lowest BCUT2D eigenvalue weighted by Gasteiger charge is -2.38. The lowest BCUT2D eigenvalue weighted by molar-refractivity contribution is -0.152. The van der Waals surface area contributed by atoms with Crippen molar-refractivity contribution in [2.45, 2.75) is 37.8 Å². The smallest absolute Gasteiger partial charge is 0.329 e. The molecule has 0 atom stereocenters. The predicted octanol–water partition coefficient (Wildman–Crippen LogP) is 1.72. The lowest BCUT2D eigenvalue weighted by atomic mass is 9.76. The number of carbonyl (C=O) groups excluding carboxylic acids is 1. The van der Waals surface area contributed by atoms with Crippen molar-refractivity contribution in [2.75, 3.05) is 6.61 Å². The Kier molecular flexibility index (Phi) is 4.74. The largest absolute Gasteiger partial charge is 0.480 e. The van der Waals surface area contributed by atoms with Crippen molar-refractivity contribution in [3.63, 3.8) is 0 Å². The Bertz CT molecular complexity index is 468. The molecular formula is C15H19NO4. The van der Waals surface area contributed by atoms with Crippen LogP contribution >= 0.6 is 0 Å². The van der Waals surface area contributed by atoms with Gasteiger partial charge in [0.25, 0.3) is 0 Å². The molecule has 0 unspecified atom stereocenters. The summed E-state index contributed by atoms with van der Waals surface area (Å²) in [6.07, 6.45) is 2.05. The molecule has 0 spiro atoms. The van der Waals surface area contributed by atoms with Crippen molar-refractivity contribution < 1.29 is 19.4 Å². The summed E-state index contributed by atoms with van der Waals surface area (Å²) < 4.78 is 5.41. The second-order valence-corrected chi connectivity index (χ2v) is 5.08. The molecular weight excluding hydrogens is 258 g/mol. The number of hydrogen-bond acceptors (Lipinski definition) is 3. The van der Waals surface area contributed by atoms with Crippen LogP contribution in [0, 0.1) is 0 Å². The molecule has 1 aliphatic carbocycles. The molecule has 2 N–H and O–H groups in total. The van der Waals surface area contributed by atoms with E-state index in [1.165, 1.54) is 0 Å². The summed E-state index contributed by atoms with van der Waals surface area (Å²) in [6, 6.07) is 9.69. The van der Waals surface area contributed by atoms with E-state index in [1.807, 2.05) is 30.3 Å². The highest BCUT2D eigenvalue weighted by atomic mass is 16.5. The minimum atomic E-state index is -1.03. The van der Waals surface area contributed by atoms with Gasteiger partial charge in [-0.15, -0.1) is 0 Å². The van der Waals surface area contributed by atoms with Crippen molar-refractivity contribution in [1.29, 1.82) is 0 Å². The highest BCUT2D eigenvalue weighted by Crippen LogP contribution is 2.32. The van der Waals surface area contributed by atoms with Crippen LogP contribution < -0.4 is 5.32 Å². The van der Waals surface area contributed by atoms with Gasteiger partial charge < -0.3 is 15.2 Å². The maximum atomic E-state index is 11.7. The van der Waals surface area contributed by atoms with Gasteiger partial charge in [-0.05, 0) is 24.8 Å². The normalized spacial score (nSPS) is 16.2. The summed E-state index contributed by atoms with van der Waals surface area (Å²) >= 11 is 0. The van der Waals surface area contributed by atoms with E-state index in [2.05, 4.69) is 5.32 Å². The number of carbonyl (C=O) groups is 2. The Hall–Kier alpha value is -1.88. The monoisotopic (exact) mass is 277 g/mol. The van der Waals surface area contributed by atoms with Gasteiger partial charge in [0.1, 0.15) is 5.54 Å². The first-order valence-corrected chi connectivity index (χ1v) is 6.78. The summed E-state index contributed by atoms with van der Waals surface area (Å²) in [4.78, 5) is 22.8. The summed E-state index contributed by atoms with van der Waals surface area (Å²) in [6.45, 7) is 0.745. The van der Waals surface area contributed by atoms with Crippen molar-refractivity contribution in [1.82, 2.24) is 5.32 Å². The topological polar surface area (TPSA) is 75.6 Å². The van der Waals surface area contributed by atoms with E-state index in [1.54, 1.807) is 0 Å². The Morgan fingerprint density at radius 2 is 1.95 bits per heavy atom. The van der Waals surface area contributed by atoms with E-state index in [9.17, 15) is 9.59 Å². The molecule has 1 aromatic carbocycles. The summed E-state index contributed by atoms with van der Waals surface area (Å²) in [5.41, 5.74) is 0.0187. The average Bonchev–Trinajstić information content (AvgIpc) is 2.40. The molecule has 0 aliphatic heterocycles. The average molecular weight is 277 g/mol. The highest BCUT2D eigenvalue weighted by Gasteiger charge is 2.45. The Morgan fingerprint density at radius 1 is 1.25 bits per heavy atom. The molecule has 1 fully saturated rings. The van der Waals surface area contributed by atoms with Gasteiger partial charge in [0.15, 0.2) is 0 Å². The Labute approximate surface area is 117 Å². The number of carboxylic acid groups (broad SMARTS) is 1. The van der Waals surface area contributed by atoms with Gasteiger partial charge in [0.2, 0.25) is 5.91 Å². The van der Waals surface area contributed by atoms with Crippen molar-refractivity contribution >= 4 is 11.9 Å². The van der Waals surface area contributed by atoms with Crippen molar-refractivity contribution in [2.24, 2.45) is 0 Å². The van der Waals surface area contributed by atoms with Crippen molar-refractivity contribution in [3.8, 4) is 0 Å². The molecule has 5 heteroatoms. The number of amides is 1. The first-order valence-electron chi connectivity index (χ1n) is 6.78. The molecule has 20 heavy (non-hydrogen) atoms. The summed E-state index contributed by atoms with van der Waals surface area (Å²) in [5.74, 6) is -1.21. The SMILES string of the molecule is O=C(CCOCc1ccccc1)NC1(C(=O)O)CCC1. The molecule has 1 saturated carbocycles. The van der Waals surface area contributed by atoms with E-state index in [-0.39, 0.29) is 18.9 Å². The number of aliphatic carboxylic acids is 1. The third-order valence-electron chi connectivity index (χ3n) is 3.58. The van der Waals surface area contributed by atoms with Gasteiger partial charge in [-0.2, -0.15) is 0 Å². The third-order valence-corrected chi connectivity index (χ3v) is 3.58. The number of hydrogen-bond donors (Lipinski definition) is 2. The second kappa shape index (κ2) is 6.52. The van der Waals surface area contributed by atoms with Crippen LogP contribution in [0.3, 0.4) is 0 Å². The number of carboxylic acids is 1. The fraction of sp³-hybridized carbons (Fsp3) is 0.467. The molecule has 1 amide bonds. The van der Waals surface area contributed by atoms with Gasteiger partial charge in [-0.3, -0.25) is 4.79 Å². The van der Waals surface area contributed by atoms with Crippen molar-refractivity contribution in [3.05, 3.63) is 35.9 Å². The molecule has 0 aromatic heterocycles. The number of benzene rings is 1. The minimum Gasteiger partial charge on any atom is -0.480 e. The van der Waals surface area contributed by atoms with Crippen LogP contribution in [0.2, 0.25) is 0 Å². The van der Waals surface area contributed by atoms with E-state index >= 15 is 0 Å². The quantitative estimate of drug-likeness (QED) is 0.744. The Balaban J connectivity index is 1.67. The number of rotatable bonds is 7. The number of ether oxygens (including phenoxy) is 1. The van der Waals surface area contributed by atoms with Crippen LogP contribution in [0.5, 0.6) is 0 Å². The van der Waals surface area contributed by atoms with Gasteiger partial charge in [0, 0.05) is 0 Å². The molecule has 108 valence electrons. The van der Waals surface area contributed by atoms with Gasteiger partial charge in [-0.25, -0.2) is 4.79 Å². The van der Waals surface area contributed by atoms with E-state index < -0.39 is 11.5 Å². The molecule has 0 radical (unpaired) electrons. The van der Waals surface area contributed by atoms with Crippen LogP contribution in [0.4, 0.5) is 0 Å². The lowest BCUT2D eigenvalue weighted by Crippen LogP contribution is -2.59. The van der Waals surface area contributed by atoms with Gasteiger partial charge in [0.05, 0.1) is 19.6 Å². The van der Waals surface area contributed by atoms with E-state index in [0.29, 0.717) is 19.4 Å². The Morgan fingerprint density at radius 3 is 2.50 bits per heavy atom. The molecule has 1 aliphatic rings. The fourth-order valence-corrected chi connectivity index (χ4v) is 2.18. The zero-order valence-electron chi connectivity index (χ0n) is 11.3. The molecule has 0 bridgehead atoms. The second-order valence-electron chi connectivity index (χ2n) is 5.08. The zero-order chi connectivity index (χ0) is 14.4.